The van der Waals surface area contributed by atoms with Gasteiger partial charge in [0.25, 0.3) is 0 Å². The van der Waals surface area contributed by atoms with Crippen molar-refractivity contribution in [2.24, 2.45) is 4.99 Å². The van der Waals surface area contributed by atoms with Gasteiger partial charge in [0.2, 0.25) is 5.90 Å². The molecule has 1 unspecified atom stereocenters. The third-order valence-corrected chi connectivity index (χ3v) is 3.85. The number of aliphatic imine (C=N–C) groups is 1. The highest BCUT2D eigenvalue weighted by atomic mass is 19.1. The molecule has 118 valence electrons. The highest BCUT2D eigenvalue weighted by Crippen LogP contribution is 2.28. The number of carbonyl (C=O) groups is 1. The number of rotatable bonds is 2. The van der Waals surface area contributed by atoms with E-state index in [0.29, 0.717) is 11.5 Å². The number of hydrogen-bond donors (Lipinski definition) is 0. The van der Waals surface area contributed by atoms with Crippen molar-refractivity contribution in [3.63, 3.8) is 0 Å². The van der Waals surface area contributed by atoms with Crippen molar-refractivity contribution in [2.75, 3.05) is 0 Å². The van der Waals surface area contributed by atoms with E-state index in [1.165, 1.54) is 17.7 Å². The molecule has 1 atom stereocenters. The average molecular weight is 311 g/mol. The van der Waals surface area contributed by atoms with E-state index >= 15 is 0 Å². The van der Waals surface area contributed by atoms with E-state index < -0.39 is 12.0 Å². The molecular formula is C19H18FNO2. The van der Waals surface area contributed by atoms with Gasteiger partial charge in [-0.2, -0.15) is 0 Å². The molecule has 4 heteroatoms. The first kappa shape index (κ1) is 15.4. The van der Waals surface area contributed by atoms with Crippen molar-refractivity contribution in [3.8, 4) is 0 Å². The van der Waals surface area contributed by atoms with E-state index in [1.54, 1.807) is 12.1 Å². The van der Waals surface area contributed by atoms with Crippen LogP contribution in [0.1, 0.15) is 43.5 Å². The van der Waals surface area contributed by atoms with Crippen LogP contribution in [0, 0.1) is 5.82 Å². The van der Waals surface area contributed by atoms with Gasteiger partial charge >= 0.3 is 5.97 Å². The molecule has 0 saturated heterocycles. The summed E-state index contributed by atoms with van der Waals surface area (Å²) in [5.41, 5.74) is 2.64. The van der Waals surface area contributed by atoms with Gasteiger partial charge in [-0.3, -0.25) is 0 Å². The van der Waals surface area contributed by atoms with E-state index in [9.17, 15) is 9.18 Å². The third-order valence-electron chi connectivity index (χ3n) is 3.85. The standard InChI is InChI=1S/C19H18FNO2/c1-19(2,3)14-8-4-13(5-9-14)17-21-16(18(22)23-17)12-6-10-15(20)11-7-12/h4-11,16H,1-3H3. The lowest BCUT2D eigenvalue weighted by Gasteiger charge is -2.18. The Kier molecular flexibility index (Phi) is 3.76. The minimum Gasteiger partial charge on any atom is -0.405 e. The van der Waals surface area contributed by atoms with Crippen molar-refractivity contribution >= 4 is 11.9 Å². The molecule has 0 aliphatic carbocycles. The summed E-state index contributed by atoms with van der Waals surface area (Å²) in [5.74, 6) is -0.474. The normalized spacial score (nSPS) is 17.8. The third kappa shape index (κ3) is 3.16. The molecule has 0 amide bonds. The summed E-state index contributed by atoms with van der Waals surface area (Å²) in [6, 6.07) is 12.8. The second kappa shape index (κ2) is 5.61. The molecule has 0 bridgehead atoms. The molecule has 0 saturated carbocycles. The average Bonchev–Trinajstić information content (AvgIpc) is 2.89. The first-order valence-electron chi connectivity index (χ1n) is 7.50. The van der Waals surface area contributed by atoms with Crippen LogP contribution in [0.3, 0.4) is 0 Å². The van der Waals surface area contributed by atoms with Crippen LogP contribution in [0.5, 0.6) is 0 Å². The van der Waals surface area contributed by atoms with Gasteiger partial charge < -0.3 is 4.74 Å². The maximum absolute atomic E-state index is 13.0. The number of ether oxygens (including phenoxy) is 1. The molecule has 0 N–H and O–H groups in total. The number of esters is 1. The molecule has 1 aliphatic heterocycles. The van der Waals surface area contributed by atoms with Crippen LogP contribution in [0.15, 0.2) is 53.5 Å². The lowest BCUT2D eigenvalue weighted by atomic mass is 9.87. The highest BCUT2D eigenvalue weighted by molar-refractivity contribution is 6.06. The summed E-state index contributed by atoms with van der Waals surface area (Å²) in [4.78, 5) is 16.4. The fourth-order valence-electron chi connectivity index (χ4n) is 2.45. The molecule has 0 fully saturated rings. The molecule has 0 radical (unpaired) electrons. The van der Waals surface area contributed by atoms with Crippen LogP contribution >= 0.6 is 0 Å². The van der Waals surface area contributed by atoms with Gasteiger partial charge in [-0.05, 0) is 40.8 Å². The number of nitrogens with zero attached hydrogens (tertiary/aromatic N) is 1. The van der Waals surface area contributed by atoms with Crippen molar-refractivity contribution in [2.45, 2.75) is 32.2 Å². The van der Waals surface area contributed by atoms with Crippen LogP contribution in [0.4, 0.5) is 4.39 Å². The second-order valence-electron chi connectivity index (χ2n) is 6.64. The van der Waals surface area contributed by atoms with E-state index in [2.05, 4.69) is 25.8 Å². The van der Waals surface area contributed by atoms with Gasteiger partial charge in [-0.1, -0.05) is 45.0 Å². The lowest BCUT2D eigenvalue weighted by Crippen LogP contribution is -2.12. The first-order chi connectivity index (χ1) is 10.8. The van der Waals surface area contributed by atoms with Crippen molar-refractivity contribution in [1.82, 2.24) is 0 Å². The van der Waals surface area contributed by atoms with Crippen molar-refractivity contribution in [3.05, 3.63) is 71.0 Å². The van der Waals surface area contributed by atoms with E-state index in [-0.39, 0.29) is 11.2 Å². The summed E-state index contributed by atoms with van der Waals surface area (Å²) >= 11 is 0. The number of cyclic esters (lactones) is 1. The van der Waals surface area contributed by atoms with E-state index in [4.69, 9.17) is 4.74 Å². The quantitative estimate of drug-likeness (QED) is 0.781. The first-order valence-corrected chi connectivity index (χ1v) is 7.50. The summed E-state index contributed by atoms with van der Waals surface area (Å²) < 4.78 is 18.3. The summed E-state index contributed by atoms with van der Waals surface area (Å²) in [5, 5.41) is 0. The summed E-state index contributed by atoms with van der Waals surface area (Å²) in [7, 11) is 0. The van der Waals surface area contributed by atoms with Crippen LogP contribution in [-0.4, -0.2) is 11.9 Å². The summed E-state index contributed by atoms with van der Waals surface area (Å²) in [6.45, 7) is 6.42. The molecule has 1 heterocycles. The molecule has 2 aromatic carbocycles. The lowest BCUT2D eigenvalue weighted by molar-refractivity contribution is -0.135. The monoisotopic (exact) mass is 311 g/mol. The molecule has 3 rings (SSSR count). The fourth-order valence-corrected chi connectivity index (χ4v) is 2.45. The zero-order chi connectivity index (χ0) is 16.6. The van der Waals surface area contributed by atoms with Crippen molar-refractivity contribution < 1.29 is 13.9 Å². The Morgan fingerprint density at radius 3 is 2.17 bits per heavy atom. The number of carbonyl (C=O) groups excluding carboxylic acids is 1. The molecule has 0 aromatic heterocycles. The molecular weight excluding hydrogens is 293 g/mol. The maximum atomic E-state index is 13.0. The molecule has 2 aromatic rings. The van der Waals surface area contributed by atoms with Crippen LogP contribution in [0.25, 0.3) is 0 Å². The number of benzene rings is 2. The molecule has 23 heavy (non-hydrogen) atoms. The second-order valence-corrected chi connectivity index (χ2v) is 6.64. The van der Waals surface area contributed by atoms with Crippen LogP contribution in [0.2, 0.25) is 0 Å². The Morgan fingerprint density at radius 2 is 1.61 bits per heavy atom. The Hall–Kier alpha value is -2.49. The van der Waals surface area contributed by atoms with E-state index in [1.807, 2.05) is 24.3 Å². The van der Waals surface area contributed by atoms with Crippen molar-refractivity contribution in [1.29, 1.82) is 0 Å². The molecule has 3 nitrogen and oxygen atoms in total. The van der Waals surface area contributed by atoms with Gasteiger partial charge in [0, 0.05) is 5.56 Å². The Balaban J connectivity index is 1.88. The predicted molar refractivity (Wildman–Crippen MR) is 86.9 cm³/mol. The number of hydrogen-bond acceptors (Lipinski definition) is 3. The SMILES string of the molecule is CC(C)(C)c1ccc(C2=NC(c3ccc(F)cc3)C(=O)O2)cc1. The van der Waals surface area contributed by atoms with Gasteiger partial charge in [0.1, 0.15) is 5.82 Å². The van der Waals surface area contributed by atoms with Crippen LogP contribution < -0.4 is 0 Å². The van der Waals surface area contributed by atoms with Gasteiger partial charge in [0.15, 0.2) is 6.04 Å². The van der Waals surface area contributed by atoms with Crippen LogP contribution in [-0.2, 0) is 14.9 Å². The topological polar surface area (TPSA) is 38.7 Å². The van der Waals surface area contributed by atoms with E-state index in [0.717, 1.165) is 5.56 Å². The minimum absolute atomic E-state index is 0.0589. The molecule has 0 spiro atoms. The summed E-state index contributed by atoms with van der Waals surface area (Å²) in [6.07, 6.45) is 0. The van der Waals surface area contributed by atoms with Gasteiger partial charge in [0.05, 0.1) is 0 Å². The zero-order valence-corrected chi connectivity index (χ0v) is 13.3. The minimum atomic E-state index is -0.729. The molecule has 1 aliphatic rings. The zero-order valence-electron chi connectivity index (χ0n) is 13.3. The Bertz CT molecular complexity index is 755. The van der Waals surface area contributed by atoms with Gasteiger partial charge in [-0.15, -0.1) is 0 Å². The Morgan fingerprint density at radius 1 is 1.00 bits per heavy atom. The predicted octanol–water partition coefficient (Wildman–Crippen LogP) is 4.17. The smallest absolute Gasteiger partial charge is 0.342 e. The Labute approximate surface area is 134 Å². The fraction of sp³-hybridized carbons (Fsp3) is 0.263. The van der Waals surface area contributed by atoms with Gasteiger partial charge in [-0.25, -0.2) is 14.2 Å². The number of halogens is 1. The highest BCUT2D eigenvalue weighted by Gasteiger charge is 2.31. The maximum Gasteiger partial charge on any atom is 0.342 e. The largest absolute Gasteiger partial charge is 0.405 e.